The van der Waals surface area contributed by atoms with Crippen LogP contribution in [0.25, 0.3) is 0 Å². The molecule has 1 saturated carbocycles. The third kappa shape index (κ3) is 3.57. The average molecular weight is 279 g/mol. The highest BCUT2D eigenvalue weighted by Gasteiger charge is 2.26. The van der Waals surface area contributed by atoms with Gasteiger partial charge in [-0.05, 0) is 12.8 Å². The molecule has 0 aliphatic heterocycles. The second-order valence-electron chi connectivity index (χ2n) is 4.95. The Morgan fingerprint density at radius 1 is 1.60 bits per heavy atom. The van der Waals surface area contributed by atoms with Crippen molar-refractivity contribution >= 4 is 11.7 Å². The van der Waals surface area contributed by atoms with Gasteiger partial charge in [-0.2, -0.15) is 0 Å². The van der Waals surface area contributed by atoms with Crippen LogP contribution in [0, 0.1) is 5.41 Å². The third-order valence-corrected chi connectivity index (χ3v) is 3.31. The Balaban J connectivity index is 2.20. The van der Waals surface area contributed by atoms with Crippen molar-refractivity contribution in [1.82, 2.24) is 9.55 Å². The normalized spacial score (nSPS) is 14.2. The minimum atomic E-state index is -0.0744. The monoisotopic (exact) mass is 279 g/mol. The molecule has 1 aliphatic rings. The number of anilines is 1. The Kier molecular flexibility index (Phi) is 4.73. The van der Waals surface area contributed by atoms with Gasteiger partial charge in [0.25, 0.3) is 5.56 Å². The molecule has 0 unspecified atom stereocenters. The smallest absolute Gasteiger partial charge is 0.293 e. The van der Waals surface area contributed by atoms with Gasteiger partial charge in [-0.25, -0.2) is 4.98 Å². The van der Waals surface area contributed by atoms with E-state index in [-0.39, 0.29) is 11.4 Å². The maximum atomic E-state index is 12.4. The summed E-state index contributed by atoms with van der Waals surface area (Å²) >= 11 is 0. The summed E-state index contributed by atoms with van der Waals surface area (Å²) in [6.07, 6.45) is 5.90. The molecule has 0 bridgehead atoms. The van der Waals surface area contributed by atoms with Crippen LogP contribution in [0.5, 0.6) is 0 Å². The average Bonchev–Trinajstić information content (AvgIpc) is 3.24. The van der Waals surface area contributed by atoms with Crippen molar-refractivity contribution in [2.24, 2.45) is 5.73 Å². The molecule has 110 valence electrons. The maximum Gasteiger partial charge on any atom is 0.293 e. The lowest BCUT2D eigenvalue weighted by Crippen LogP contribution is -2.37. The van der Waals surface area contributed by atoms with E-state index in [1.807, 2.05) is 4.90 Å². The van der Waals surface area contributed by atoms with Gasteiger partial charge in [0.2, 0.25) is 0 Å². The van der Waals surface area contributed by atoms with Gasteiger partial charge in [0.1, 0.15) is 0 Å². The predicted octanol–water partition coefficient (Wildman–Crippen LogP) is 0.357. The van der Waals surface area contributed by atoms with Gasteiger partial charge in [-0.1, -0.05) is 0 Å². The van der Waals surface area contributed by atoms with Gasteiger partial charge in [0.15, 0.2) is 5.82 Å². The van der Waals surface area contributed by atoms with Crippen LogP contribution >= 0.6 is 0 Å². The Morgan fingerprint density at radius 3 is 2.95 bits per heavy atom. The molecular weight excluding hydrogens is 258 g/mol. The summed E-state index contributed by atoms with van der Waals surface area (Å²) in [5, 5.41) is 7.32. The van der Waals surface area contributed by atoms with Gasteiger partial charge >= 0.3 is 0 Å². The van der Waals surface area contributed by atoms with E-state index in [0.29, 0.717) is 38.0 Å². The molecule has 1 fully saturated rings. The van der Waals surface area contributed by atoms with E-state index in [4.69, 9.17) is 15.9 Å². The standard InChI is InChI=1S/C13H21N5O2/c1-20-9-8-17(6-4-11(14)15)12-13(19)18(7-5-16-12)10-2-3-10/h5,7,10H,2-4,6,8-9H2,1H3,(H3,14,15). The van der Waals surface area contributed by atoms with Gasteiger partial charge < -0.3 is 19.9 Å². The van der Waals surface area contributed by atoms with E-state index in [1.54, 1.807) is 24.1 Å². The molecule has 1 heterocycles. The Bertz CT molecular complexity index is 524. The molecule has 1 aliphatic carbocycles. The molecule has 7 nitrogen and oxygen atoms in total. The van der Waals surface area contributed by atoms with Crippen molar-refractivity contribution in [1.29, 1.82) is 5.41 Å². The minimum Gasteiger partial charge on any atom is -0.388 e. The second kappa shape index (κ2) is 6.51. The molecule has 2 rings (SSSR count). The zero-order valence-corrected chi connectivity index (χ0v) is 11.7. The van der Waals surface area contributed by atoms with E-state index in [1.165, 1.54) is 0 Å². The molecule has 0 atom stereocenters. The predicted molar refractivity (Wildman–Crippen MR) is 77.4 cm³/mol. The number of hydrogen-bond acceptors (Lipinski definition) is 5. The van der Waals surface area contributed by atoms with Gasteiger partial charge in [-0.15, -0.1) is 0 Å². The Hall–Kier alpha value is -1.89. The zero-order valence-electron chi connectivity index (χ0n) is 11.7. The number of nitrogens with zero attached hydrogens (tertiary/aromatic N) is 3. The highest BCUT2D eigenvalue weighted by atomic mass is 16.5. The summed E-state index contributed by atoms with van der Waals surface area (Å²) in [6.45, 7) is 1.55. The fraction of sp³-hybridized carbons (Fsp3) is 0.615. The zero-order chi connectivity index (χ0) is 14.5. The molecule has 3 N–H and O–H groups in total. The largest absolute Gasteiger partial charge is 0.388 e. The van der Waals surface area contributed by atoms with E-state index < -0.39 is 0 Å². The van der Waals surface area contributed by atoms with Crippen LogP contribution in [0.2, 0.25) is 0 Å². The van der Waals surface area contributed by atoms with Crippen LogP contribution in [0.15, 0.2) is 17.2 Å². The number of methoxy groups -OCH3 is 1. The molecule has 0 saturated heterocycles. The molecule has 20 heavy (non-hydrogen) atoms. The molecule has 1 aromatic heterocycles. The van der Waals surface area contributed by atoms with Crippen LogP contribution in [0.4, 0.5) is 5.82 Å². The van der Waals surface area contributed by atoms with Crippen molar-refractivity contribution in [2.75, 3.05) is 31.7 Å². The fourth-order valence-electron chi connectivity index (χ4n) is 2.05. The summed E-state index contributed by atoms with van der Waals surface area (Å²) in [6, 6.07) is 0.321. The highest BCUT2D eigenvalue weighted by molar-refractivity contribution is 5.77. The summed E-state index contributed by atoms with van der Waals surface area (Å²) in [5.74, 6) is 0.517. The van der Waals surface area contributed by atoms with E-state index >= 15 is 0 Å². The summed E-state index contributed by atoms with van der Waals surface area (Å²) in [4.78, 5) is 18.5. The highest BCUT2D eigenvalue weighted by Crippen LogP contribution is 2.33. The lowest BCUT2D eigenvalue weighted by molar-refractivity contribution is 0.205. The molecule has 0 spiro atoms. The summed E-state index contributed by atoms with van der Waals surface area (Å²) in [5.41, 5.74) is 5.32. The topological polar surface area (TPSA) is 97.2 Å². The number of nitrogens with one attached hydrogen (secondary N) is 1. The molecule has 0 amide bonds. The first-order valence-electron chi connectivity index (χ1n) is 6.77. The third-order valence-electron chi connectivity index (χ3n) is 3.31. The number of nitrogens with two attached hydrogens (primary N) is 1. The van der Waals surface area contributed by atoms with Crippen molar-refractivity contribution < 1.29 is 4.74 Å². The molecule has 7 heteroatoms. The maximum absolute atomic E-state index is 12.4. The van der Waals surface area contributed by atoms with E-state index in [9.17, 15) is 4.79 Å². The summed E-state index contributed by atoms with van der Waals surface area (Å²) < 4.78 is 6.81. The first-order chi connectivity index (χ1) is 9.63. The number of ether oxygens (including phenoxy) is 1. The van der Waals surface area contributed by atoms with Crippen LogP contribution in [-0.2, 0) is 4.74 Å². The van der Waals surface area contributed by atoms with Crippen LogP contribution in [0.1, 0.15) is 25.3 Å². The van der Waals surface area contributed by atoms with E-state index in [0.717, 1.165) is 12.8 Å². The molecular formula is C13H21N5O2. The van der Waals surface area contributed by atoms with Gasteiger partial charge in [0.05, 0.1) is 12.4 Å². The Morgan fingerprint density at radius 2 is 2.35 bits per heavy atom. The minimum absolute atomic E-state index is 0.0744. The lowest BCUT2D eigenvalue weighted by atomic mass is 10.3. The lowest BCUT2D eigenvalue weighted by Gasteiger charge is -2.23. The SMILES string of the molecule is COCCN(CCC(=N)N)c1nccn(C2CC2)c1=O. The van der Waals surface area contributed by atoms with Gasteiger partial charge in [0, 0.05) is 45.1 Å². The van der Waals surface area contributed by atoms with Crippen LogP contribution in [0.3, 0.4) is 0 Å². The summed E-state index contributed by atoms with van der Waals surface area (Å²) in [7, 11) is 1.62. The van der Waals surface area contributed by atoms with Crippen molar-refractivity contribution in [3.8, 4) is 0 Å². The van der Waals surface area contributed by atoms with E-state index in [2.05, 4.69) is 4.98 Å². The fourth-order valence-corrected chi connectivity index (χ4v) is 2.05. The first-order valence-corrected chi connectivity index (χ1v) is 6.77. The second-order valence-corrected chi connectivity index (χ2v) is 4.95. The number of hydrogen-bond donors (Lipinski definition) is 2. The number of rotatable bonds is 8. The van der Waals surface area contributed by atoms with Gasteiger partial charge in [-0.3, -0.25) is 10.2 Å². The number of aromatic nitrogens is 2. The number of amidine groups is 1. The van der Waals surface area contributed by atoms with Crippen molar-refractivity contribution in [3.63, 3.8) is 0 Å². The van der Waals surface area contributed by atoms with Crippen LogP contribution in [-0.4, -0.2) is 42.2 Å². The van der Waals surface area contributed by atoms with Crippen molar-refractivity contribution in [3.05, 3.63) is 22.7 Å². The Labute approximate surface area is 117 Å². The molecule has 1 aromatic rings. The van der Waals surface area contributed by atoms with Crippen molar-refractivity contribution in [2.45, 2.75) is 25.3 Å². The van der Waals surface area contributed by atoms with Crippen LogP contribution < -0.4 is 16.2 Å². The quantitative estimate of drug-likeness (QED) is 0.529. The first kappa shape index (κ1) is 14.5. The molecule has 0 radical (unpaired) electrons. The molecule has 0 aromatic carbocycles.